The Labute approximate surface area is 124 Å². The molecule has 0 saturated carbocycles. The van der Waals surface area contributed by atoms with Gasteiger partial charge in [0, 0.05) is 17.7 Å². The summed E-state index contributed by atoms with van der Waals surface area (Å²) in [5.74, 6) is -0.738. The average Bonchev–Trinajstić information content (AvgIpc) is 2.42. The van der Waals surface area contributed by atoms with E-state index in [1.165, 1.54) is 18.2 Å². The molecular weight excluding hydrogens is 381 g/mol. The van der Waals surface area contributed by atoms with Gasteiger partial charge in [0.2, 0.25) is 11.8 Å². The molecule has 1 saturated heterocycles. The van der Waals surface area contributed by atoms with Crippen molar-refractivity contribution in [1.82, 2.24) is 5.32 Å². The Hall–Kier alpha value is -1.38. The van der Waals surface area contributed by atoms with Crippen molar-refractivity contribution in [2.45, 2.75) is 22.8 Å². The molecule has 7 heteroatoms. The number of piperidine rings is 1. The van der Waals surface area contributed by atoms with Gasteiger partial charge in [-0.3, -0.25) is 14.9 Å². The molecule has 0 bridgehead atoms. The highest BCUT2D eigenvalue weighted by Crippen LogP contribution is 2.39. The number of anilines is 1. The van der Waals surface area contributed by atoms with Crippen molar-refractivity contribution in [3.05, 3.63) is 29.8 Å². The zero-order valence-electron chi connectivity index (χ0n) is 10.5. The van der Waals surface area contributed by atoms with E-state index < -0.39 is 36.6 Å². The van der Waals surface area contributed by atoms with Crippen LogP contribution in [0.3, 0.4) is 0 Å². The summed E-state index contributed by atoms with van der Waals surface area (Å²) in [6, 6.07) is 5.22. The van der Waals surface area contributed by atoms with E-state index in [2.05, 4.69) is 15.1 Å². The van der Waals surface area contributed by atoms with Crippen LogP contribution in [-0.2, 0) is 13.5 Å². The van der Waals surface area contributed by atoms with Gasteiger partial charge in [-0.05, 0) is 39.3 Å². The second-order valence-corrected chi connectivity index (χ2v) is 6.48. The van der Waals surface area contributed by atoms with E-state index in [0.29, 0.717) is 12.1 Å². The Morgan fingerprint density at radius 2 is 2.15 bits per heavy atom. The van der Waals surface area contributed by atoms with E-state index in [1.807, 2.05) is 0 Å². The van der Waals surface area contributed by atoms with Crippen LogP contribution in [0, 0.1) is 0 Å². The van der Waals surface area contributed by atoms with Gasteiger partial charge >= 0.3 is 3.93 Å². The Kier molecular flexibility index (Phi) is 4.46. The van der Waals surface area contributed by atoms with Crippen molar-refractivity contribution in [3.63, 3.8) is 0 Å². The zero-order valence-corrected chi connectivity index (χ0v) is 12.6. The number of carbonyl (C=O) groups excluding carboxylic acids is 2. The lowest BCUT2D eigenvalue weighted by atomic mass is 10.1. The summed E-state index contributed by atoms with van der Waals surface area (Å²) in [6.45, 7) is 0. The van der Waals surface area contributed by atoms with Gasteiger partial charge in [-0.2, -0.15) is 8.78 Å². The van der Waals surface area contributed by atoms with Crippen LogP contribution in [0.1, 0.15) is 18.4 Å². The summed E-state index contributed by atoms with van der Waals surface area (Å²) in [5.41, 5.74) is 0.340. The predicted octanol–water partition coefficient (Wildman–Crippen LogP) is 2.36. The smallest absolute Gasteiger partial charge is 0.316 e. The third-order valence-electron chi connectivity index (χ3n) is 2.94. The van der Waals surface area contributed by atoms with Crippen molar-refractivity contribution < 1.29 is 18.4 Å². The number of benzene rings is 1. The summed E-state index contributed by atoms with van der Waals surface area (Å²) in [6.07, 6.45) is 0.594. The quantitative estimate of drug-likeness (QED) is 0.469. The van der Waals surface area contributed by atoms with Crippen molar-refractivity contribution in [3.8, 4) is 0 Å². The highest BCUT2D eigenvalue weighted by Gasteiger charge is 2.29. The first-order valence-corrected chi connectivity index (χ1v) is 8.51. The summed E-state index contributed by atoms with van der Waals surface area (Å²) >= 11 is -1.50. The number of rotatable bonds is 4. The van der Waals surface area contributed by atoms with Gasteiger partial charge in [-0.15, -0.1) is 0 Å². The Morgan fingerprint density at radius 1 is 1.40 bits per heavy atom. The van der Waals surface area contributed by atoms with Crippen LogP contribution in [0.15, 0.2) is 24.3 Å². The number of carbonyl (C=O) groups is 2. The van der Waals surface area contributed by atoms with Crippen molar-refractivity contribution in [1.29, 1.82) is 0 Å². The van der Waals surface area contributed by atoms with Gasteiger partial charge in [0.25, 0.3) is 0 Å². The molecular formula is C13H13F2IN2O2. The summed E-state index contributed by atoms with van der Waals surface area (Å²) < 4.78 is 27.7. The molecule has 1 aromatic rings. The minimum Gasteiger partial charge on any atom is -0.374 e. The third-order valence-corrected chi connectivity index (χ3v) is 4.52. The number of amides is 2. The van der Waals surface area contributed by atoms with Gasteiger partial charge < -0.3 is 5.32 Å². The van der Waals surface area contributed by atoms with Crippen LogP contribution < -0.4 is 10.6 Å². The minimum absolute atomic E-state index is 0.0995. The van der Waals surface area contributed by atoms with Gasteiger partial charge in [0.1, 0.15) is 6.04 Å². The van der Waals surface area contributed by atoms with Crippen LogP contribution in [-0.4, -0.2) is 22.4 Å². The first kappa shape index (κ1) is 15.0. The molecule has 4 nitrogen and oxygen atoms in total. The molecule has 0 aliphatic carbocycles. The molecule has 0 spiro atoms. The molecule has 0 aromatic heterocycles. The molecule has 2 N–H and O–H groups in total. The number of halogens is 3. The van der Waals surface area contributed by atoms with E-state index >= 15 is 0 Å². The average molecular weight is 394 g/mol. The van der Waals surface area contributed by atoms with E-state index in [0.717, 1.165) is 0 Å². The number of hydrogen-bond donors (Lipinski definition) is 2. The lowest BCUT2D eigenvalue weighted by Gasteiger charge is -2.23. The molecule has 1 heterocycles. The van der Waals surface area contributed by atoms with Crippen LogP contribution in [0.4, 0.5) is 14.5 Å². The maximum absolute atomic E-state index is 13.6. The highest BCUT2D eigenvalue weighted by molar-refractivity contribution is 14.2. The van der Waals surface area contributed by atoms with E-state index in [-0.39, 0.29) is 17.9 Å². The first-order chi connectivity index (χ1) is 9.42. The molecule has 2 rings (SSSR count). The van der Waals surface area contributed by atoms with Gasteiger partial charge in [0.15, 0.2) is 0 Å². The Morgan fingerprint density at radius 3 is 2.80 bits per heavy atom. The van der Waals surface area contributed by atoms with Crippen molar-refractivity contribution in [2.75, 3.05) is 5.32 Å². The standard InChI is InChI=1S/C13H13F2IN2O2/c1-16-13(14,15)8-3-2-4-9(7-8)17-10-5-6-11(19)18-12(10)20/h2-4,7,10,17H,1,5-6H2,(H,18,19,20). The van der Waals surface area contributed by atoms with Gasteiger partial charge in [-0.1, -0.05) is 16.6 Å². The normalized spacial score (nSPS) is 19.6. The second kappa shape index (κ2) is 5.94. The molecule has 1 unspecified atom stereocenters. The fourth-order valence-electron chi connectivity index (χ4n) is 1.89. The van der Waals surface area contributed by atoms with E-state index in [1.54, 1.807) is 6.07 Å². The fourth-order valence-corrected chi connectivity index (χ4v) is 2.67. The monoisotopic (exact) mass is 394 g/mol. The zero-order chi connectivity index (χ0) is 14.8. The van der Waals surface area contributed by atoms with Crippen LogP contribution in [0.25, 0.3) is 0 Å². The van der Waals surface area contributed by atoms with E-state index in [4.69, 9.17) is 0 Å². The van der Waals surface area contributed by atoms with Crippen molar-refractivity contribution in [2.24, 2.45) is 0 Å². The number of imide groups is 1. The van der Waals surface area contributed by atoms with Crippen molar-refractivity contribution >= 4 is 42.7 Å². The Balaban J connectivity index is 2.14. The molecule has 20 heavy (non-hydrogen) atoms. The maximum atomic E-state index is 13.6. The number of nitrogens with one attached hydrogen (secondary N) is 2. The largest absolute Gasteiger partial charge is 0.374 e. The highest BCUT2D eigenvalue weighted by atomic mass is 127. The SMILES string of the molecule is C=IC(F)(F)c1cccc(NC2CCC(=O)NC2=O)c1. The van der Waals surface area contributed by atoms with Crippen LogP contribution in [0.5, 0.6) is 0 Å². The summed E-state index contributed by atoms with van der Waals surface area (Å²) in [4.78, 5) is 22.6. The third kappa shape index (κ3) is 3.38. The molecule has 1 atom stereocenters. The van der Waals surface area contributed by atoms with E-state index in [9.17, 15) is 18.4 Å². The maximum Gasteiger partial charge on any atom is 0.316 e. The second-order valence-electron chi connectivity index (χ2n) is 4.36. The predicted molar refractivity (Wildman–Crippen MR) is 81.3 cm³/mol. The summed E-state index contributed by atoms with van der Waals surface area (Å²) in [5, 5.41) is 5.09. The lowest BCUT2D eigenvalue weighted by molar-refractivity contribution is -0.133. The number of alkyl halides is 3. The van der Waals surface area contributed by atoms with Gasteiger partial charge in [-0.25, -0.2) is 0 Å². The minimum atomic E-state index is -2.89. The lowest BCUT2D eigenvalue weighted by Crippen LogP contribution is -2.47. The molecule has 1 aromatic carbocycles. The number of hydrogen-bond acceptors (Lipinski definition) is 3. The molecule has 1 fully saturated rings. The molecule has 108 valence electrons. The summed E-state index contributed by atoms with van der Waals surface area (Å²) in [7, 11) is 0. The van der Waals surface area contributed by atoms with Crippen LogP contribution in [0.2, 0.25) is 0 Å². The fraction of sp³-hybridized carbons (Fsp3) is 0.308. The molecule has 0 radical (unpaired) electrons. The Bertz CT molecular complexity index is 563. The van der Waals surface area contributed by atoms with Crippen LogP contribution >= 0.6 is 20.7 Å². The topological polar surface area (TPSA) is 58.2 Å². The molecule has 1 aliphatic rings. The first-order valence-electron chi connectivity index (χ1n) is 5.90. The van der Waals surface area contributed by atoms with Gasteiger partial charge in [0.05, 0.1) is 0 Å². The molecule has 1 aliphatic heterocycles. The molecule has 2 amide bonds.